The number of hydrogen-bond acceptors (Lipinski definition) is 3. The van der Waals surface area contributed by atoms with Crippen LogP contribution >= 0.6 is 0 Å². The van der Waals surface area contributed by atoms with Gasteiger partial charge >= 0.3 is 0 Å². The summed E-state index contributed by atoms with van der Waals surface area (Å²) in [6.07, 6.45) is 6.37. The number of benzene rings is 1. The van der Waals surface area contributed by atoms with E-state index in [0.29, 0.717) is 12.3 Å². The SMILES string of the molecule is COc1ccc(C2CCCN2C(=O)CCC2CCNCC2)cc1. The van der Waals surface area contributed by atoms with Crippen molar-refractivity contribution in [2.75, 3.05) is 26.7 Å². The second-order valence-corrected chi connectivity index (χ2v) is 6.75. The molecule has 0 aliphatic carbocycles. The molecule has 0 radical (unpaired) electrons. The molecule has 0 aromatic heterocycles. The summed E-state index contributed by atoms with van der Waals surface area (Å²) in [4.78, 5) is 14.8. The van der Waals surface area contributed by atoms with Gasteiger partial charge in [0.15, 0.2) is 0 Å². The molecule has 2 saturated heterocycles. The topological polar surface area (TPSA) is 41.6 Å². The van der Waals surface area contributed by atoms with Crippen LogP contribution in [0.1, 0.15) is 50.1 Å². The summed E-state index contributed by atoms with van der Waals surface area (Å²) in [5.74, 6) is 1.93. The summed E-state index contributed by atoms with van der Waals surface area (Å²) < 4.78 is 5.23. The molecule has 1 N–H and O–H groups in total. The Morgan fingerprint density at radius 3 is 2.65 bits per heavy atom. The molecule has 2 fully saturated rings. The minimum atomic E-state index is 0.251. The Morgan fingerprint density at radius 2 is 1.96 bits per heavy atom. The number of carbonyl (C=O) groups is 1. The van der Waals surface area contributed by atoms with Crippen molar-refractivity contribution in [1.82, 2.24) is 10.2 Å². The largest absolute Gasteiger partial charge is 0.497 e. The summed E-state index contributed by atoms with van der Waals surface area (Å²) in [6.45, 7) is 3.12. The van der Waals surface area contributed by atoms with E-state index in [-0.39, 0.29) is 6.04 Å². The highest BCUT2D eigenvalue weighted by atomic mass is 16.5. The van der Waals surface area contributed by atoms with E-state index in [1.165, 1.54) is 18.4 Å². The quantitative estimate of drug-likeness (QED) is 0.907. The van der Waals surface area contributed by atoms with Crippen molar-refractivity contribution in [3.63, 3.8) is 0 Å². The Kier molecular flexibility index (Phi) is 5.55. The van der Waals surface area contributed by atoms with Gasteiger partial charge in [0, 0.05) is 13.0 Å². The van der Waals surface area contributed by atoms with Crippen LogP contribution in [0.15, 0.2) is 24.3 Å². The van der Waals surface area contributed by atoms with Gasteiger partial charge in [0.2, 0.25) is 5.91 Å². The summed E-state index contributed by atoms with van der Waals surface area (Å²) in [5.41, 5.74) is 1.23. The van der Waals surface area contributed by atoms with Crippen LogP contribution in [0.25, 0.3) is 0 Å². The molecule has 1 aromatic carbocycles. The number of likely N-dealkylation sites (tertiary alicyclic amines) is 1. The lowest BCUT2D eigenvalue weighted by molar-refractivity contribution is -0.132. The number of rotatable bonds is 5. The maximum absolute atomic E-state index is 12.7. The van der Waals surface area contributed by atoms with E-state index in [0.717, 1.165) is 50.6 Å². The fraction of sp³-hybridized carbons (Fsp3) is 0.632. The second kappa shape index (κ2) is 7.82. The normalized spacial score (nSPS) is 22.3. The lowest BCUT2D eigenvalue weighted by Crippen LogP contribution is -2.32. The molecule has 4 heteroatoms. The van der Waals surface area contributed by atoms with Gasteiger partial charge in [-0.05, 0) is 68.8 Å². The van der Waals surface area contributed by atoms with Crippen molar-refractivity contribution < 1.29 is 9.53 Å². The van der Waals surface area contributed by atoms with Crippen molar-refractivity contribution in [1.29, 1.82) is 0 Å². The first-order valence-electron chi connectivity index (χ1n) is 8.92. The molecule has 126 valence electrons. The standard InChI is InChI=1S/C19H28N2O2/c1-23-17-7-5-16(6-8-17)18-3-2-14-21(18)19(22)9-4-15-10-12-20-13-11-15/h5-8,15,18,20H,2-4,9-14H2,1H3. The summed E-state index contributed by atoms with van der Waals surface area (Å²) >= 11 is 0. The van der Waals surface area contributed by atoms with Gasteiger partial charge in [-0.25, -0.2) is 0 Å². The Morgan fingerprint density at radius 1 is 1.22 bits per heavy atom. The van der Waals surface area contributed by atoms with Gasteiger partial charge < -0.3 is 15.0 Å². The number of methoxy groups -OCH3 is 1. The van der Waals surface area contributed by atoms with E-state index in [1.54, 1.807) is 7.11 Å². The summed E-state index contributed by atoms with van der Waals surface area (Å²) in [7, 11) is 1.68. The van der Waals surface area contributed by atoms with E-state index >= 15 is 0 Å². The number of hydrogen-bond donors (Lipinski definition) is 1. The van der Waals surface area contributed by atoms with Crippen molar-refractivity contribution in [3.05, 3.63) is 29.8 Å². The Bertz CT molecular complexity index is 509. The predicted molar refractivity (Wildman–Crippen MR) is 91.5 cm³/mol. The van der Waals surface area contributed by atoms with Crippen LogP contribution in [0, 0.1) is 5.92 Å². The van der Waals surface area contributed by atoms with E-state index in [9.17, 15) is 4.79 Å². The van der Waals surface area contributed by atoms with Crippen molar-refractivity contribution in [3.8, 4) is 5.75 Å². The minimum absolute atomic E-state index is 0.251. The molecule has 0 saturated carbocycles. The van der Waals surface area contributed by atoms with Crippen LogP contribution in [-0.4, -0.2) is 37.6 Å². The van der Waals surface area contributed by atoms with Crippen molar-refractivity contribution in [2.24, 2.45) is 5.92 Å². The van der Waals surface area contributed by atoms with Gasteiger partial charge in [0.05, 0.1) is 13.2 Å². The fourth-order valence-corrected chi connectivity index (χ4v) is 3.88. The minimum Gasteiger partial charge on any atom is -0.497 e. The molecule has 1 amide bonds. The van der Waals surface area contributed by atoms with E-state index in [4.69, 9.17) is 4.74 Å². The highest BCUT2D eigenvalue weighted by Gasteiger charge is 2.30. The molecule has 23 heavy (non-hydrogen) atoms. The number of nitrogens with one attached hydrogen (secondary N) is 1. The molecule has 1 unspecified atom stereocenters. The number of ether oxygens (including phenoxy) is 1. The van der Waals surface area contributed by atoms with Crippen LogP contribution in [0.4, 0.5) is 0 Å². The van der Waals surface area contributed by atoms with Crippen LogP contribution < -0.4 is 10.1 Å². The molecular weight excluding hydrogens is 288 g/mol. The van der Waals surface area contributed by atoms with Crippen molar-refractivity contribution >= 4 is 5.91 Å². The first-order valence-corrected chi connectivity index (χ1v) is 8.92. The number of amides is 1. The molecule has 0 bridgehead atoms. The van der Waals surface area contributed by atoms with Gasteiger partial charge in [-0.2, -0.15) is 0 Å². The van der Waals surface area contributed by atoms with Crippen LogP contribution in [0.5, 0.6) is 5.75 Å². The third-order valence-electron chi connectivity index (χ3n) is 5.30. The van der Waals surface area contributed by atoms with Gasteiger partial charge in [-0.3, -0.25) is 4.79 Å². The van der Waals surface area contributed by atoms with Gasteiger partial charge in [0.1, 0.15) is 5.75 Å². The lowest BCUT2D eigenvalue weighted by Gasteiger charge is -2.27. The molecule has 4 nitrogen and oxygen atoms in total. The number of nitrogens with zero attached hydrogens (tertiary/aromatic N) is 1. The predicted octanol–water partition coefficient (Wildman–Crippen LogP) is 3.14. The third kappa shape index (κ3) is 4.05. The summed E-state index contributed by atoms with van der Waals surface area (Å²) in [5, 5.41) is 3.39. The molecule has 3 rings (SSSR count). The van der Waals surface area contributed by atoms with Crippen LogP contribution in [0.2, 0.25) is 0 Å². The summed E-state index contributed by atoms with van der Waals surface area (Å²) in [6, 6.07) is 8.43. The zero-order valence-corrected chi connectivity index (χ0v) is 14.1. The average molecular weight is 316 g/mol. The van der Waals surface area contributed by atoms with Gasteiger partial charge in [-0.15, -0.1) is 0 Å². The van der Waals surface area contributed by atoms with Crippen LogP contribution in [0.3, 0.4) is 0 Å². The Hall–Kier alpha value is -1.55. The van der Waals surface area contributed by atoms with Crippen LogP contribution in [-0.2, 0) is 4.79 Å². The number of piperidine rings is 1. The monoisotopic (exact) mass is 316 g/mol. The van der Waals surface area contributed by atoms with Gasteiger partial charge in [-0.1, -0.05) is 12.1 Å². The highest BCUT2D eigenvalue weighted by molar-refractivity contribution is 5.77. The molecular formula is C19H28N2O2. The van der Waals surface area contributed by atoms with Crippen molar-refractivity contribution in [2.45, 2.75) is 44.6 Å². The van der Waals surface area contributed by atoms with E-state index in [2.05, 4.69) is 22.3 Å². The first-order chi connectivity index (χ1) is 11.3. The zero-order valence-electron chi connectivity index (χ0n) is 14.1. The van der Waals surface area contributed by atoms with E-state index < -0.39 is 0 Å². The third-order valence-corrected chi connectivity index (χ3v) is 5.30. The molecule has 2 aliphatic rings. The zero-order chi connectivity index (χ0) is 16.1. The lowest BCUT2D eigenvalue weighted by atomic mass is 9.93. The van der Waals surface area contributed by atoms with E-state index in [1.807, 2.05) is 12.1 Å². The first kappa shape index (κ1) is 16.3. The molecule has 0 spiro atoms. The maximum atomic E-state index is 12.7. The second-order valence-electron chi connectivity index (χ2n) is 6.75. The molecule has 1 atom stereocenters. The number of carbonyl (C=O) groups excluding carboxylic acids is 1. The maximum Gasteiger partial charge on any atom is 0.223 e. The smallest absolute Gasteiger partial charge is 0.223 e. The highest BCUT2D eigenvalue weighted by Crippen LogP contribution is 2.33. The molecule has 2 heterocycles. The average Bonchev–Trinajstić information content (AvgIpc) is 3.10. The van der Waals surface area contributed by atoms with Gasteiger partial charge in [0.25, 0.3) is 0 Å². The Labute approximate surface area is 139 Å². The molecule has 1 aromatic rings. The Balaban J connectivity index is 1.57. The fourth-order valence-electron chi connectivity index (χ4n) is 3.88. The molecule has 2 aliphatic heterocycles.